The summed E-state index contributed by atoms with van der Waals surface area (Å²) >= 11 is 0. The van der Waals surface area contributed by atoms with Gasteiger partial charge in [0, 0.05) is 30.6 Å². The second-order valence-corrected chi connectivity index (χ2v) is 3.91. The molecule has 1 aromatic carbocycles. The summed E-state index contributed by atoms with van der Waals surface area (Å²) in [6.07, 6.45) is 5.76. The van der Waals surface area contributed by atoms with E-state index >= 15 is 0 Å². The number of fused-ring (bicyclic) bond motifs is 1. The van der Waals surface area contributed by atoms with E-state index in [-0.39, 0.29) is 0 Å². The van der Waals surface area contributed by atoms with Crippen molar-refractivity contribution in [2.75, 3.05) is 0 Å². The molecule has 0 fully saturated rings. The molecule has 0 bridgehead atoms. The van der Waals surface area contributed by atoms with E-state index in [9.17, 15) is 4.79 Å². The van der Waals surface area contributed by atoms with Gasteiger partial charge in [-0.05, 0) is 17.4 Å². The maximum absolute atomic E-state index is 11.3. The van der Waals surface area contributed by atoms with Crippen LogP contribution in [0.25, 0.3) is 10.8 Å². The van der Waals surface area contributed by atoms with E-state index < -0.39 is 0 Å². The van der Waals surface area contributed by atoms with Crippen molar-refractivity contribution >= 4 is 16.6 Å². The molecule has 0 saturated heterocycles. The number of rotatable bonds is 4. The summed E-state index contributed by atoms with van der Waals surface area (Å²) in [7, 11) is 0. The van der Waals surface area contributed by atoms with Gasteiger partial charge in [0.25, 0.3) is 0 Å². The number of nitrogens with zero attached hydrogens (tertiary/aromatic N) is 1. The molecule has 0 amide bonds. The van der Waals surface area contributed by atoms with Crippen molar-refractivity contribution in [1.29, 1.82) is 0 Å². The predicted molar refractivity (Wildman–Crippen MR) is 65.4 cm³/mol. The van der Waals surface area contributed by atoms with E-state index in [1.165, 1.54) is 10.9 Å². The largest absolute Gasteiger partial charge is 0.300 e. The summed E-state index contributed by atoms with van der Waals surface area (Å²) in [5.41, 5.74) is 1.17. The normalized spacial score (nSPS) is 10.6. The van der Waals surface area contributed by atoms with Gasteiger partial charge in [-0.1, -0.05) is 31.2 Å². The van der Waals surface area contributed by atoms with E-state index in [1.54, 1.807) is 0 Å². The summed E-state index contributed by atoms with van der Waals surface area (Å²) < 4.78 is 0. The lowest BCUT2D eigenvalue weighted by Crippen LogP contribution is -1.98. The van der Waals surface area contributed by atoms with Crippen LogP contribution in [-0.4, -0.2) is 10.8 Å². The van der Waals surface area contributed by atoms with Crippen LogP contribution < -0.4 is 0 Å². The van der Waals surface area contributed by atoms with Gasteiger partial charge in [-0.2, -0.15) is 0 Å². The first kappa shape index (κ1) is 10.8. The van der Waals surface area contributed by atoms with E-state index in [0.717, 1.165) is 11.8 Å². The third-order valence-corrected chi connectivity index (χ3v) is 2.82. The molecule has 1 aromatic heterocycles. The quantitative estimate of drug-likeness (QED) is 0.781. The van der Waals surface area contributed by atoms with Crippen molar-refractivity contribution in [2.45, 2.75) is 26.2 Å². The molecule has 0 spiro atoms. The zero-order valence-corrected chi connectivity index (χ0v) is 9.44. The lowest BCUT2D eigenvalue weighted by atomic mass is 10.0. The third kappa shape index (κ3) is 2.27. The van der Waals surface area contributed by atoms with Crippen molar-refractivity contribution in [1.82, 2.24) is 4.98 Å². The van der Waals surface area contributed by atoms with Gasteiger partial charge < -0.3 is 0 Å². The Morgan fingerprint density at radius 1 is 1.25 bits per heavy atom. The lowest BCUT2D eigenvalue weighted by molar-refractivity contribution is -0.118. The Morgan fingerprint density at radius 3 is 2.88 bits per heavy atom. The Bertz CT molecular complexity index is 500. The highest BCUT2D eigenvalue weighted by atomic mass is 16.1. The molecule has 0 unspecified atom stereocenters. The highest BCUT2D eigenvalue weighted by molar-refractivity contribution is 5.85. The van der Waals surface area contributed by atoms with Gasteiger partial charge in [0.1, 0.15) is 5.78 Å². The number of hydrogen-bond acceptors (Lipinski definition) is 2. The van der Waals surface area contributed by atoms with Crippen molar-refractivity contribution in [2.24, 2.45) is 0 Å². The number of Topliss-reactive ketones (excluding diaryl/α,β-unsaturated/α-hetero) is 1. The molecule has 16 heavy (non-hydrogen) atoms. The lowest BCUT2D eigenvalue weighted by Gasteiger charge is -2.04. The second-order valence-electron chi connectivity index (χ2n) is 3.91. The number of carbonyl (C=O) groups is 1. The topological polar surface area (TPSA) is 30.0 Å². The van der Waals surface area contributed by atoms with E-state index in [4.69, 9.17) is 0 Å². The summed E-state index contributed by atoms with van der Waals surface area (Å²) in [5, 5.41) is 2.35. The number of carbonyl (C=O) groups excluding carboxylic acids is 1. The average molecular weight is 213 g/mol. The molecule has 0 radical (unpaired) electrons. The summed E-state index contributed by atoms with van der Waals surface area (Å²) in [4.78, 5) is 15.5. The first-order valence-corrected chi connectivity index (χ1v) is 5.64. The minimum absolute atomic E-state index is 0.313. The van der Waals surface area contributed by atoms with Gasteiger partial charge >= 0.3 is 0 Å². The number of hydrogen-bond donors (Lipinski definition) is 0. The predicted octanol–water partition coefficient (Wildman–Crippen LogP) is 3.15. The van der Waals surface area contributed by atoms with Crippen LogP contribution in [0, 0.1) is 0 Å². The monoisotopic (exact) mass is 213 g/mol. The van der Waals surface area contributed by atoms with Crippen LogP contribution in [0.15, 0.2) is 36.7 Å². The van der Waals surface area contributed by atoms with Gasteiger partial charge in [-0.25, -0.2) is 0 Å². The number of ketones is 1. The molecule has 82 valence electrons. The van der Waals surface area contributed by atoms with E-state index in [2.05, 4.69) is 11.1 Å². The van der Waals surface area contributed by atoms with Crippen LogP contribution in [-0.2, 0) is 11.2 Å². The summed E-state index contributed by atoms with van der Waals surface area (Å²) in [5.74, 6) is 0.313. The second kappa shape index (κ2) is 4.88. The molecule has 0 N–H and O–H groups in total. The molecule has 2 rings (SSSR count). The molecule has 0 aliphatic heterocycles. The van der Waals surface area contributed by atoms with Crippen LogP contribution in [0.4, 0.5) is 0 Å². The molecule has 1 heterocycles. The zero-order valence-electron chi connectivity index (χ0n) is 9.44. The molecule has 2 nitrogen and oxygen atoms in total. The van der Waals surface area contributed by atoms with E-state index in [1.807, 2.05) is 37.5 Å². The van der Waals surface area contributed by atoms with Crippen molar-refractivity contribution in [3.63, 3.8) is 0 Å². The highest BCUT2D eigenvalue weighted by Gasteiger charge is 2.03. The molecule has 0 atom stereocenters. The Hall–Kier alpha value is -1.70. The fourth-order valence-electron chi connectivity index (χ4n) is 1.83. The molecule has 0 saturated carbocycles. The van der Waals surface area contributed by atoms with Gasteiger partial charge in [-0.3, -0.25) is 9.78 Å². The molecule has 2 aromatic rings. The smallest absolute Gasteiger partial charge is 0.132 e. The van der Waals surface area contributed by atoms with Crippen molar-refractivity contribution in [3.8, 4) is 0 Å². The average Bonchev–Trinajstić information content (AvgIpc) is 2.35. The van der Waals surface area contributed by atoms with Gasteiger partial charge in [-0.15, -0.1) is 0 Å². The maximum Gasteiger partial charge on any atom is 0.132 e. The number of aryl methyl sites for hydroxylation is 1. The minimum Gasteiger partial charge on any atom is -0.300 e. The number of benzene rings is 1. The van der Waals surface area contributed by atoms with Crippen LogP contribution in [0.3, 0.4) is 0 Å². The zero-order chi connectivity index (χ0) is 11.4. The van der Waals surface area contributed by atoms with Crippen LogP contribution in [0.2, 0.25) is 0 Å². The number of pyridine rings is 1. The molecule has 2 heteroatoms. The van der Waals surface area contributed by atoms with Crippen LogP contribution in [0.5, 0.6) is 0 Å². The summed E-state index contributed by atoms with van der Waals surface area (Å²) in [6.45, 7) is 1.91. The molecule has 0 aliphatic rings. The number of aromatic nitrogens is 1. The Labute approximate surface area is 95.3 Å². The Kier molecular flexibility index (Phi) is 3.30. The van der Waals surface area contributed by atoms with Gasteiger partial charge in [0.2, 0.25) is 0 Å². The SMILES string of the molecule is CCC(=O)CCc1cncc2ccccc12. The van der Waals surface area contributed by atoms with E-state index in [0.29, 0.717) is 18.6 Å². The first-order chi connectivity index (χ1) is 7.81. The maximum atomic E-state index is 11.3. The summed E-state index contributed by atoms with van der Waals surface area (Å²) in [6, 6.07) is 8.16. The van der Waals surface area contributed by atoms with Gasteiger partial charge in [0.15, 0.2) is 0 Å². The van der Waals surface area contributed by atoms with Crippen LogP contribution in [0.1, 0.15) is 25.3 Å². The van der Waals surface area contributed by atoms with Gasteiger partial charge in [0.05, 0.1) is 0 Å². The minimum atomic E-state index is 0.313. The molecular weight excluding hydrogens is 198 g/mol. The fraction of sp³-hybridized carbons (Fsp3) is 0.286. The first-order valence-electron chi connectivity index (χ1n) is 5.64. The Balaban J connectivity index is 2.27. The fourth-order valence-corrected chi connectivity index (χ4v) is 1.83. The molecular formula is C14H15NO. The van der Waals surface area contributed by atoms with Crippen LogP contribution >= 0.6 is 0 Å². The third-order valence-electron chi connectivity index (χ3n) is 2.82. The standard InChI is InChI=1S/C14H15NO/c1-2-13(16)8-7-12-10-15-9-11-5-3-4-6-14(11)12/h3-6,9-10H,2,7-8H2,1H3. The molecule has 0 aliphatic carbocycles. The Morgan fingerprint density at radius 2 is 2.06 bits per heavy atom. The highest BCUT2D eigenvalue weighted by Crippen LogP contribution is 2.18. The van der Waals surface area contributed by atoms with Crippen molar-refractivity contribution < 1.29 is 4.79 Å². The van der Waals surface area contributed by atoms with Crippen molar-refractivity contribution in [3.05, 3.63) is 42.2 Å².